The van der Waals surface area contributed by atoms with Gasteiger partial charge in [0, 0.05) is 23.8 Å². The lowest BCUT2D eigenvalue weighted by Crippen LogP contribution is -2.15. The number of rotatable bonds is 4. The monoisotopic (exact) mass is 218 g/mol. The van der Waals surface area contributed by atoms with Crippen molar-refractivity contribution in [2.24, 2.45) is 0 Å². The maximum Gasteiger partial charge on any atom is 0.0943 e. The van der Waals surface area contributed by atoms with Gasteiger partial charge in [-0.25, -0.2) is 0 Å². The van der Waals surface area contributed by atoms with Gasteiger partial charge in [0.2, 0.25) is 0 Å². The smallest absolute Gasteiger partial charge is 0.0943 e. The maximum absolute atomic E-state index is 5.72. The van der Waals surface area contributed by atoms with E-state index in [4.69, 9.17) is 5.73 Å². The van der Waals surface area contributed by atoms with Crippen molar-refractivity contribution in [3.63, 3.8) is 0 Å². The van der Waals surface area contributed by atoms with Crippen molar-refractivity contribution in [2.45, 2.75) is 13.0 Å². The quantitative estimate of drug-likeness (QED) is 0.792. The van der Waals surface area contributed by atoms with Crippen LogP contribution in [0.2, 0.25) is 0 Å². The van der Waals surface area contributed by atoms with Crippen molar-refractivity contribution >= 4 is 16.6 Å². The molecule has 2 rings (SSSR count). The second kappa shape index (κ2) is 4.53. The number of nitrogens with two attached hydrogens (primary N) is 1. The Morgan fingerprint density at radius 3 is 2.94 bits per heavy atom. The summed E-state index contributed by atoms with van der Waals surface area (Å²) in [5.74, 6) is 0. The molecule has 1 heterocycles. The van der Waals surface area contributed by atoms with Gasteiger partial charge in [-0.05, 0) is 45.3 Å². The third kappa shape index (κ3) is 2.52. The highest BCUT2D eigenvalue weighted by Crippen LogP contribution is 2.15. The van der Waals surface area contributed by atoms with Crippen molar-refractivity contribution in [1.82, 2.24) is 14.7 Å². The van der Waals surface area contributed by atoms with Crippen LogP contribution in [0.4, 0.5) is 5.69 Å². The molecule has 0 fully saturated rings. The molecule has 0 radical (unpaired) electrons. The van der Waals surface area contributed by atoms with E-state index in [1.807, 2.05) is 22.9 Å². The SMILES string of the molecule is CN(C)CCCn1cc2ccc(N)cc2n1. The fourth-order valence-corrected chi connectivity index (χ4v) is 1.75. The molecule has 2 N–H and O–H groups in total. The summed E-state index contributed by atoms with van der Waals surface area (Å²) in [6.45, 7) is 2.03. The van der Waals surface area contributed by atoms with E-state index in [0.717, 1.165) is 36.1 Å². The number of hydrogen-bond acceptors (Lipinski definition) is 3. The molecule has 0 spiro atoms. The molecule has 0 saturated carbocycles. The molecule has 0 aliphatic rings. The van der Waals surface area contributed by atoms with Gasteiger partial charge in [-0.3, -0.25) is 4.68 Å². The van der Waals surface area contributed by atoms with Crippen molar-refractivity contribution in [3.8, 4) is 0 Å². The number of anilines is 1. The molecule has 0 bridgehead atoms. The molecule has 86 valence electrons. The first kappa shape index (κ1) is 11.0. The first-order chi connectivity index (χ1) is 7.65. The average molecular weight is 218 g/mol. The number of hydrogen-bond donors (Lipinski definition) is 1. The fourth-order valence-electron chi connectivity index (χ4n) is 1.75. The third-order valence-electron chi connectivity index (χ3n) is 2.57. The summed E-state index contributed by atoms with van der Waals surface area (Å²) in [7, 11) is 4.17. The minimum absolute atomic E-state index is 0.769. The number of aromatic nitrogens is 2. The molecule has 0 aliphatic carbocycles. The molecular weight excluding hydrogens is 200 g/mol. The standard InChI is InChI=1S/C12H18N4/c1-15(2)6-3-7-16-9-10-4-5-11(13)8-12(10)14-16/h4-5,8-9H,3,6-7,13H2,1-2H3. The number of aryl methyl sites for hydroxylation is 1. The van der Waals surface area contributed by atoms with Gasteiger partial charge in [-0.1, -0.05) is 0 Å². The van der Waals surface area contributed by atoms with E-state index < -0.39 is 0 Å². The zero-order valence-corrected chi connectivity index (χ0v) is 9.85. The minimum atomic E-state index is 0.769. The highest BCUT2D eigenvalue weighted by molar-refractivity contribution is 5.81. The topological polar surface area (TPSA) is 47.1 Å². The Morgan fingerprint density at radius 2 is 2.19 bits per heavy atom. The lowest BCUT2D eigenvalue weighted by molar-refractivity contribution is 0.381. The number of nitrogen functional groups attached to an aromatic ring is 1. The zero-order chi connectivity index (χ0) is 11.5. The Labute approximate surface area is 95.6 Å². The highest BCUT2D eigenvalue weighted by atomic mass is 15.3. The van der Waals surface area contributed by atoms with Crippen LogP contribution < -0.4 is 5.73 Å². The van der Waals surface area contributed by atoms with Crippen LogP contribution in [-0.4, -0.2) is 35.3 Å². The van der Waals surface area contributed by atoms with Crippen molar-refractivity contribution in [2.75, 3.05) is 26.4 Å². The van der Waals surface area contributed by atoms with E-state index in [-0.39, 0.29) is 0 Å². The van der Waals surface area contributed by atoms with E-state index >= 15 is 0 Å². The molecule has 4 nitrogen and oxygen atoms in total. The van der Waals surface area contributed by atoms with Gasteiger partial charge in [0.25, 0.3) is 0 Å². The summed E-state index contributed by atoms with van der Waals surface area (Å²) in [4.78, 5) is 2.18. The highest BCUT2D eigenvalue weighted by Gasteiger charge is 2.00. The van der Waals surface area contributed by atoms with E-state index in [1.54, 1.807) is 0 Å². The van der Waals surface area contributed by atoms with Crippen LogP contribution in [0.25, 0.3) is 10.9 Å². The third-order valence-corrected chi connectivity index (χ3v) is 2.57. The van der Waals surface area contributed by atoms with E-state index in [9.17, 15) is 0 Å². The van der Waals surface area contributed by atoms with Crippen molar-refractivity contribution in [3.05, 3.63) is 24.4 Å². The van der Waals surface area contributed by atoms with Gasteiger partial charge in [0.05, 0.1) is 5.52 Å². The van der Waals surface area contributed by atoms with Crippen LogP contribution in [0.3, 0.4) is 0 Å². The second-order valence-corrected chi connectivity index (χ2v) is 4.37. The van der Waals surface area contributed by atoms with Crippen molar-refractivity contribution < 1.29 is 0 Å². The summed E-state index contributed by atoms with van der Waals surface area (Å²) in [5, 5.41) is 5.64. The van der Waals surface area contributed by atoms with Crippen LogP contribution in [0, 0.1) is 0 Å². The Kier molecular flexibility index (Phi) is 3.10. The molecule has 1 aromatic heterocycles. The van der Waals surface area contributed by atoms with Gasteiger partial charge in [-0.2, -0.15) is 5.10 Å². The van der Waals surface area contributed by atoms with Crippen LogP contribution >= 0.6 is 0 Å². The molecule has 1 aromatic carbocycles. The van der Waals surface area contributed by atoms with Gasteiger partial charge in [-0.15, -0.1) is 0 Å². The van der Waals surface area contributed by atoms with Crippen LogP contribution in [-0.2, 0) is 6.54 Å². The summed E-state index contributed by atoms with van der Waals surface area (Å²) >= 11 is 0. The zero-order valence-electron chi connectivity index (χ0n) is 9.85. The Hall–Kier alpha value is -1.55. The molecule has 2 aromatic rings. The molecule has 16 heavy (non-hydrogen) atoms. The van der Waals surface area contributed by atoms with Gasteiger partial charge in [0.1, 0.15) is 0 Å². The maximum atomic E-state index is 5.72. The number of fused-ring (bicyclic) bond motifs is 1. The summed E-state index contributed by atoms with van der Waals surface area (Å²) in [6.07, 6.45) is 3.18. The van der Waals surface area contributed by atoms with Gasteiger partial charge >= 0.3 is 0 Å². The first-order valence-electron chi connectivity index (χ1n) is 5.52. The molecule has 0 saturated heterocycles. The predicted molar refractivity (Wildman–Crippen MR) is 67.3 cm³/mol. The molecule has 0 atom stereocenters. The first-order valence-corrected chi connectivity index (χ1v) is 5.52. The van der Waals surface area contributed by atoms with Crippen LogP contribution in [0.5, 0.6) is 0 Å². The molecule has 4 heteroatoms. The predicted octanol–water partition coefficient (Wildman–Crippen LogP) is 1.57. The summed E-state index contributed by atoms with van der Waals surface area (Å²) in [6, 6.07) is 5.84. The normalized spacial score (nSPS) is 11.4. The summed E-state index contributed by atoms with van der Waals surface area (Å²) in [5.41, 5.74) is 7.46. The fraction of sp³-hybridized carbons (Fsp3) is 0.417. The van der Waals surface area contributed by atoms with Gasteiger partial charge < -0.3 is 10.6 Å². The van der Waals surface area contributed by atoms with Crippen LogP contribution in [0.15, 0.2) is 24.4 Å². The Bertz CT molecular complexity index is 473. The molecule has 0 unspecified atom stereocenters. The molecule has 0 aliphatic heterocycles. The summed E-state index contributed by atoms with van der Waals surface area (Å²) < 4.78 is 1.99. The van der Waals surface area contributed by atoms with E-state index in [2.05, 4.69) is 30.3 Å². The molecule has 0 amide bonds. The largest absolute Gasteiger partial charge is 0.399 e. The van der Waals surface area contributed by atoms with E-state index in [1.165, 1.54) is 0 Å². The van der Waals surface area contributed by atoms with Crippen molar-refractivity contribution in [1.29, 1.82) is 0 Å². The second-order valence-electron chi connectivity index (χ2n) is 4.37. The lowest BCUT2D eigenvalue weighted by Gasteiger charge is -2.08. The Morgan fingerprint density at radius 1 is 1.38 bits per heavy atom. The number of nitrogens with zero attached hydrogens (tertiary/aromatic N) is 3. The van der Waals surface area contributed by atoms with E-state index in [0.29, 0.717) is 0 Å². The molecular formula is C12H18N4. The minimum Gasteiger partial charge on any atom is -0.399 e. The lowest BCUT2D eigenvalue weighted by atomic mass is 10.2. The number of benzene rings is 1. The van der Waals surface area contributed by atoms with Gasteiger partial charge in [0.15, 0.2) is 0 Å². The average Bonchev–Trinajstić information content (AvgIpc) is 2.58. The van der Waals surface area contributed by atoms with Crippen LogP contribution in [0.1, 0.15) is 6.42 Å². The Balaban J connectivity index is 2.08.